The maximum absolute atomic E-state index is 15.6. The zero-order valence-corrected chi connectivity index (χ0v) is 28.7. The van der Waals surface area contributed by atoms with Crippen molar-refractivity contribution in [3.8, 4) is 11.1 Å². The SMILES string of the molecule is CCCn1nccc1C(=O)N[C@H](C(=O)Nc1ccc(-c2c(C)nn(COCCS(C)(C)C)c2CC)c(F)n1)C1CCC(C)CC1. The molecule has 0 aliphatic heterocycles. The van der Waals surface area contributed by atoms with Gasteiger partial charge in [-0.3, -0.25) is 14.3 Å². The Hall–Kier alpha value is -3.25. The van der Waals surface area contributed by atoms with Gasteiger partial charge in [0.2, 0.25) is 11.9 Å². The molecular weight excluding hydrogens is 593 g/mol. The standard InChI is InChI=1S/C33H50FN7O3S/c1-8-18-40-27(16-17-35-40)32(42)38-30(24-12-10-22(3)11-13-24)33(43)37-28-15-14-25(31(34)36-28)29-23(4)39-41(26(29)9-2)21-44-19-20-45(5,6)7/h14-17,22,24,30H,8-13,18-21H2,1-7H3,(H,38,42)(H,36,37,43)/t22?,24?,30-/m0/s1. The quantitative estimate of drug-likeness (QED) is 0.170. The van der Waals surface area contributed by atoms with Crippen molar-refractivity contribution in [2.75, 3.05) is 36.4 Å². The van der Waals surface area contributed by atoms with Gasteiger partial charge >= 0.3 is 0 Å². The minimum Gasteiger partial charge on any atom is -0.358 e. The van der Waals surface area contributed by atoms with Crippen LogP contribution in [0, 0.1) is 24.7 Å². The first-order valence-corrected chi connectivity index (χ1v) is 19.0. The average Bonchev–Trinajstić information content (AvgIpc) is 3.58. The second-order valence-electron chi connectivity index (χ2n) is 13.0. The zero-order chi connectivity index (χ0) is 32.7. The molecule has 1 atom stereocenters. The molecule has 0 saturated heterocycles. The highest BCUT2D eigenvalue weighted by atomic mass is 32.3. The predicted molar refractivity (Wildman–Crippen MR) is 179 cm³/mol. The Morgan fingerprint density at radius 2 is 1.84 bits per heavy atom. The number of anilines is 1. The minimum absolute atomic E-state index is 0.0376. The van der Waals surface area contributed by atoms with Crippen LogP contribution in [0.2, 0.25) is 0 Å². The number of nitrogens with zero attached hydrogens (tertiary/aromatic N) is 5. The summed E-state index contributed by atoms with van der Waals surface area (Å²) in [6.45, 7) is 9.62. The van der Waals surface area contributed by atoms with Crippen molar-refractivity contribution in [2.45, 2.75) is 85.5 Å². The molecule has 0 spiro atoms. The number of hydrogen-bond donors (Lipinski definition) is 2. The van der Waals surface area contributed by atoms with Crippen LogP contribution in [-0.4, -0.2) is 73.5 Å². The molecule has 10 nitrogen and oxygen atoms in total. The van der Waals surface area contributed by atoms with Crippen LogP contribution in [0.15, 0.2) is 24.4 Å². The van der Waals surface area contributed by atoms with Crippen LogP contribution in [0.1, 0.15) is 74.8 Å². The van der Waals surface area contributed by atoms with Crippen molar-refractivity contribution in [2.24, 2.45) is 11.8 Å². The van der Waals surface area contributed by atoms with E-state index < -0.39 is 27.9 Å². The Balaban J connectivity index is 1.52. The van der Waals surface area contributed by atoms with Crippen molar-refractivity contribution in [3.63, 3.8) is 0 Å². The monoisotopic (exact) mass is 643 g/mol. The lowest BCUT2D eigenvalue weighted by Crippen LogP contribution is -2.49. The molecule has 0 bridgehead atoms. The topological polar surface area (TPSA) is 116 Å². The summed E-state index contributed by atoms with van der Waals surface area (Å²) in [4.78, 5) is 31.1. The van der Waals surface area contributed by atoms with E-state index in [0.717, 1.165) is 43.6 Å². The van der Waals surface area contributed by atoms with E-state index in [9.17, 15) is 9.59 Å². The highest BCUT2D eigenvalue weighted by molar-refractivity contribution is 8.32. The Morgan fingerprint density at radius 1 is 1.11 bits per heavy atom. The number of carbonyl (C=O) groups excluding carboxylic acids is 2. The summed E-state index contributed by atoms with van der Waals surface area (Å²) < 4.78 is 25.0. The molecule has 0 aromatic carbocycles. The molecule has 0 unspecified atom stereocenters. The van der Waals surface area contributed by atoms with Crippen molar-refractivity contribution in [1.29, 1.82) is 0 Å². The maximum Gasteiger partial charge on any atom is 0.270 e. The summed E-state index contributed by atoms with van der Waals surface area (Å²) in [6, 6.07) is 4.11. The van der Waals surface area contributed by atoms with Crippen molar-refractivity contribution < 1.29 is 18.7 Å². The zero-order valence-electron chi connectivity index (χ0n) is 27.9. The van der Waals surface area contributed by atoms with Gasteiger partial charge in [-0.15, -0.1) is 0 Å². The van der Waals surface area contributed by atoms with E-state index in [4.69, 9.17) is 4.74 Å². The van der Waals surface area contributed by atoms with Gasteiger partial charge in [-0.1, -0.05) is 33.6 Å². The third-order valence-electron chi connectivity index (χ3n) is 8.48. The number of pyridine rings is 1. The molecule has 1 fully saturated rings. The van der Waals surface area contributed by atoms with Gasteiger partial charge in [0.25, 0.3) is 5.91 Å². The molecule has 2 N–H and O–H groups in total. The first kappa shape index (κ1) is 34.6. The first-order valence-electron chi connectivity index (χ1n) is 16.0. The number of hydrogen-bond acceptors (Lipinski definition) is 6. The summed E-state index contributed by atoms with van der Waals surface area (Å²) in [7, 11) is -0.660. The molecule has 248 valence electrons. The number of ether oxygens (including phenoxy) is 1. The van der Waals surface area contributed by atoms with Gasteiger partial charge in [-0.05, 0) is 81.4 Å². The summed E-state index contributed by atoms with van der Waals surface area (Å²) in [6.07, 6.45) is 13.4. The molecule has 2 amide bonds. The van der Waals surface area contributed by atoms with E-state index in [0.29, 0.717) is 54.7 Å². The molecule has 1 aliphatic rings. The number of aromatic nitrogens is 5. The van der Waals surface area contributed by atoms with Crippen LogP contribution >= 0.6 is 10.0 Å². The fraction of sp³-hybridized carbons (Fsp3) is 0.606. The normalized spacial score (nSPS) is 18.0. The largest absolute Gasteiger partial charge is 0.358 e. The van der Waals surface area contributed by atoms with Crippen molar-refractivity contribution >= 4 is 27.7 Å². The molecule has 3 aromatic heterocycles. The van der Waals surface area contributed by atoms with E-state index in [-0.39, 0.29) is 17.6 Å². The number of nitrogens with one attached hydrogen (secondary N) is 2. The fourth-order valence-corrected chi connectivity index (χ4v) is 6.57. The Kier molecular flexibility index (Phi) is 11.8. The van der Waals surface area contributed by atoms with Crippen LogP contribution < -0.4 is 10.6 Å². The molecular formula is C33H50FN7O3S. The molecule has 45 heavy (non-hydrogen) atoms. The first-order chi connectivity index (χ1) is 21.4. The lowest BCUT2D eigenvalue weighted by Gasteiger charge is -2.32. The highest BCUT2D eigenvalue weighted by Crippen LogP contribution is 2.34. The third kappa shape index (κ3) is 8.94. The molecule has 12 heteroatoms. The van der Waals surface area contributed by atoms with Gasteiger partial charge < -0.3 is 15.4 Å². The van der Waals surface area contributed by atoms with Gasteiger partial charge in [0.05, 0.1) is 12.3 Å². The summed E-state index contributed by atoms with van der Waals surface area (Å²) >= 11 is 0. The van der Waals surface area contributed by atoms with Crippen LogP contribution in [0.5, 0.6) is 0 Å². The Labute approximate surface area is 268 Å². The van der Waals surface area contributed by atoms with Gasteiger partial charge in [-0.25, -0.2) is 19.7 Å². The summed E-state index contributed by atoms with van der Waals surface area (Å²) in [5.74, 6) is 0.182. The van der Waals surface area contributed by atoms with Crippen LogP contribution in [-0.2, 0) is 29.2 Å². The van der Waals surface area contributed by atoms with Crippen LogP contribution in [0.3, 0.4) is 0 Å². The molecule has 3 heterocycles. The number of aryl methyl sites for hydroxylation is 2. The second kappa shape index (κ2) is 15.4. The number of halogens is 1. The highest BCUT2D eigenvalue weighted by Gasteiger charge is 2.33. The van der Waals surface area contributed by atoms with E-state index in [1.807, 2.05) is 20.8 Å². The van der Waals surface area contributed by atoms with Gasteiger partial charge in [0.15, 0.2) is 0 Å². The predicted octanol–water partition coefficient (Wildman–Crippen LogP) is 5.79. The van der Waals surface area contributed by atoms with E-state index in [1.54, 1.807) is 33.8 Å². The molecule has 0 radical (unpaired) electrons. The van der Waals surface area contributed by atoms with Gasteiger partial charge in [-0.2, -0.15) is 14.6 Å². The van der Waals surface area contributed by atoms with Crippen LogP contribution in [0.4, 0.5) is 10.2 Å². The van der Waals surface area contributed by atoms with Gasteiger partial charge in [0, 0.05) is 35.3 Å². The average molecular weight is 644 g/mol. The van der Waals surface area contributed by atoms with Crippen LogP contribution in [0.25, 0.3) is 11.1 Å². The molecule has 4 rings (SSSR count). The molecule has 3 aromatic rings. The lowest BCUT2D eigenvalue weighted by molar-refractivity contribution is -0.119. The maximum atomic E-state index is 15.6. The third-order valence-corrected chi connectivity index (χ3v) is 9.87. The Morgan fingerprint density at radius 3 is 2.49 bits per heavy atom. The minimum atomic E-state index is -0.786. The Bertz CT molecular complexity index is 1460. The number of carbonyl (C=O) groups is 2. The summed E-state index contributed by atoms with van der Waals surface area (Å²) in [5.41, 5.74) is 2.98. The van der Waals surface area contributed by atoms with E-state index in [2.05, 4.69) is 51.5 Å². The van der Waals surface area contributed by atoms with E-state index >= 15 is 4.39 Å². The molecule has 1 aliphatic carbocycles. The number of amides is 2. The van der Waals surface area contributed by atoms with Crippen molar-refractivity contribution in [1.82, 2.24) is 29.9 Å². The summed E-state index contributed by atoms with van der Waals surface area (Å²) in [5, 5.41) is 14.7. The lowest BCUT2D eigenvalue weighted by atomic mass is 9.79. The smallest absolute Gasteiger partial charge is 0.270 e. The molecule has 1 saturated carbocycles. The second-order valence-corrected chi connectivity index (χ2v) is 17.6. The van der Waals surface area contributed by atoms with Crippen molar-refractivity contribution in [3.05, 3.63) is 47.4 Å². The van der Waals surface area contributed by atoms with Gasteiger partial charge in [0.1, 0.15) is 24.3 Å². The van der Waals surface area contributed by atoms with E-state index in [1.165, 1.54) is 0 Å². The number of rotatable bonds is 14. The fourth-order valence-electron chi connectivity index (χ4n) is 5.95.